The number of nitrogens with zero attached hydrogens (tertiary/aromatic N) is 5. The molecule has 3 heterocycles. The Kier molecular flexibility index (Phi) is 4.17. The van der Waals surface area contributed by atoms with Crippen LogP contribution in [0, 0.1) is 0 Å². The number of urea groups is 1. The zero-order valence-electron chi connectivity index (χ0n) is 14.7. The highest BCUT2D eigenvalue weighted by molar-refractivity contribution is 5.90. The molecule has 7 heteroatoms. The van der Waals surface area contributed by atoms with E-state index in [1.165, 1.54) is 19.4 Å². The number of fused-ring (bicyclic) bond motifs is 1. The van der Waals surface area contributed by atoms with Crippen molar-refractivity contribution in [2.75, 3.05) is 25.0 Å². The molecule has 1 aromatic heterocycles. The van der Waals surface area contributed by atoms with Crippen LogP contribution in [0.2, 0.25) is 0 Å². The minimum Gasteiger partial charge on any atom is -0.319 e. The summed E-state index contributed by atoms with van der Waals surface area (Å²) < 4.78 is 1.68. The lowest BCUT2D eigenvalue weighted by atomic mass is 10.1. The summed E-state index contributed by atoms with van der Waals surface area (Å²) in [6.45, 7) is 5.10. The van der Waals surface area contributed by atoms with Crippen molar-refractivity contribution >= 4 is 11.7 Å². The Morgan fingerprint density at radius 3 is 2.76 bits per heavy atom. The van der Waals surface area contributed by atoms with Gasteiger partial charge in [-0.1, -0.05) is 0 Å². The number of carbonyl (C=O) groups excluding carboxylic acids is 1. The van der Waals surface area contributed by atoms with Gasteiger partial charge in [0.2, 0.25) is 0 Å². The van der Waals surface area contributed by atoms with Crippen LogP contribution in [0.25, 0.3) is 11.4 Å². The van der Waals surface area contributed by atoms with Crippen LogP contribution >= 0.6 is 0 Å². The van der Waals surface area contributed by atoms with Crippen LogP contribution in [0.3, 0.4) is 0 Å². The quantitative estimate of drug-likeness (QED) is 0.910. The Morgan fingerprint density at radius 2 is 2.04 bits per heavy atom. The Morgan fingerprint density at radius 1 is 1.24 bits per heavy atom. The summed E-state index contributed by atoms with van der Waals surface area (Å²) in [5, 5.41) is 7.32. The van der Waals surface area contributed by atoms with Gasteiger partial charge in [0.15, 0.2) is 5.82 Å². The van der Waals surface area contributed by atoms with Gasteiger partial charge in [0.1, 0.15) is 6.33 Å². The monoisotopic (exact) mass is 340 g/mol. The number of aryl methyl sites for hydroxylation is 1. The second kappa shape index (κ2) is 6.48. The predicted octanol–water partition coefficient (Wildman–Crippen LogP) is 2.18. The number of amides is 2. The van der Waals surface area contributed by atoms with E-state index in [4.69, 9.17) is 0 Å². The van der Waals surface area contributed by atoms with E-state index in [1.807, 2.05) is 36.2 Å². The zero-order chi connectivity index (χ0) is 17.4. The van der Waals surface area contributed by atoms with Crippen LogP contribution in [0.4, 0.5) is 10.5 Å². The lowest BCUT2D eigenvalue weighted by Crippen LogP contribution is -2.57. The third kappa shape index (κ3) is 3.24. The average molecular weight is 340 g/mol. The summed E-state index contributed by atoms with van der Waals surface area (Å²) in [6.07, 6.45) is 4.12. The molecule has 0 aliphatic carbocycles. The lowest BCUT2D eigenvalue weighted by molar-refractivity contribution is 0.0861. The SMILES string of the molecule is C[C@@H]1CN2CCC[C@H]2CN1C(=O)Nc1ccc(-c2ncn(C)n2)cc1. The molecule has 2 amide bonds. The normalized spacial score (nSPS) is 23.5. The van der Waals surface area contributed by atoms with Gasteiger partial charge in [-0.15, -0.1) is 0 Å². The second-order valence-electron chi connectivity index (χ2n) is 7.04. The molecule has 1 aromatic carbocycles. The molecular formula is C18H24N6O. The fourth-order valence-electron chi connectivity index (χ4n) is 3.84. The maximum atomic E-state index is 12.7. The molecule has 0 radical (unpaired) electrons. The van der Waals surface area contributed by atoms with Gasteiger partial charge in [-0.2, -0.15) is 5.10 Å². The summed E-state index contributed by atoms with van der Waals surface area (Å²) in [7, 11) is 1.84. The minimum atomic E-state index is -0.0113. The summed E-state index contributed by atoms with van der Waals surface area (Å²) >= 11 is 0. The van der Waals surface area contributed by atoms with E-state index in [1.54, 1.807) is 11.0 Å². The topological polar surface area (TPSA) is 66.3 Å². The van der Waals surface area contributed by atoms with E-state index < -0.39 is 0 Å². The van der Waals surface area contributed by atoms with Gasteiger partial charge in [-0.05, 0) is 50.6 Å². The molecule has 7 nitrogen and oxygen atoms in total. The molecule has 1 N–H and O–H groups in total. The third-order valence-electron chi connectivity index (χ3n) is 5.19. The molecule has 2 saturated heterocycles. The van der Waals surface area contributed by atoms with Crippen LogP contribution in [0.1, 0.15) is 19.8 Å². The van der Waals surface area contributed by atoms with Gasteiger partial charge < -0.3 is 10.2 Å². The molecule has 0 unspecified atom stereocenters. The fraction of sp³-hybridized carbons (Fsp3) is 0.500. The number of nitrogens with one attached hydrogen (secondary N) is 1. The van der Waals surface area contributed by atoms with Gasteiger partial charge in [0.25, 0.3) is 0 Å². The number of rotatable bonds is 2. The molecule has 0 bridgehead atoms. The molecule has 0 spiro atoms. The summed E-state index contributed by atoms with van der Waals surface area (Å²) in [4.78, 5) is 21.4. The average Bonchev–Trinajstić information content (AvgIpc) is 3.23. The molecule has 132 valence electrons. The number of hydrogen-bond donors (Lipinski definition) is 1. The zero-order valence-corrected chi connectivity index (χ0v) is 14.7. The highest BCUT2D eigenvalue weighted by Crippen LogP contribution is 2.25. The summed E-state index contributed by atoms with van der Waals surface area (Å²) in [6, 6.07) is 8.43. The first kappa shape index (κ1) is 16.1. The predicted molar refractivity (Wildman–Crippen MR) is 96.2 cm³/mol. The van der Waals surface area contributed by atoms with Crippen LogP contribution in [-0.4, -0.2) is 62.3 Å². The molecule has 2 aliphatic heterocycles. The number of piperazine rings is 1. The van der Waals surface area contributed by atoms with Gasteiger partial charge in [0, 0.05) is 43.5 Å². The summed E-state index contributed by atoms with van der Waals surface area (Å²) in [5.41, 5.74) is 1.73. The molecule has 2 aliphatic rings. The largest absolute Gasteiger partial charge is 0.322 e. The minimum absolute atomic E-state index is 0.0113. The van der Waals surface area contributed by atoms with Crippen LogP contribution < -0.4 is 5.32 Å². The van der Waals surface area contributed by atoms with E-state index in [0.717, 1.165) is 24.3 Å². The van der Waals surface area contributed by atoms with Crippen LogP contribution in [0.15, 0.2) is 30.6 Å². The first-order chi connectivity index (χ1) is 12.1. The number of anilines is 1. The summed E-state index contributed by atoms with van der Waals surface area (Å²) in [5.74, 6) is 0.686. The van der Waals surface area contributed by atoms with E-state index in [2.05, 4.69) is 27.2 Å². The van der Waals surface area contributed by atoms with Crippen molar-refractivity contribution in [3.8, 4) is 11.4 Å². The Bertz CT molecular complexity index is 755. The molecule has 4 rings (SSSR count). The maximum Gasteiger partial charge on any atom is 0.322 e. The first-order valence-electron chi connectivity index (χ1n) is 8.88. The smallest absolute Gasteiger partial charge is 0.319 e. The molecular weight excluding hydrogens is 316 g/mol. The van der Waals surface area contributed by atoms with Crippen LogP contribution in [-0.2, 0) is 7.05 Å². The van der Waals surface area contributed by atoms with Gasteiger partial charge in [-0.25, -0.2) is 9.78 Å². The van der Waals surface area contributed by atoms with Gasteiger partial charge in [-0.3, -0.25) is 9.58 Å². The molecule has 2 atom stereocenters. The van der Waals surface area contributed by atoms with Crippen LogP contribution in [0.5, 0.6) is 0 Å². The second-order valence-corrected chi connectivity index (χ2v) is 7.04. The number of benzene rings is 1. The van der Waals surface area contributed by atoms with Crippen molar-refractivity contribution in [2.45, 2.75) is 31.8 Å². The van der Waals surface area contributed by atoms with Crippen molar-refractivity contribution in [1.82, 2.24) is 24.6 Å². The number of carbonyl (C=O) groups is 1. The van der Waals surface area contributed by atoms with Gasteiger partial charge in [0.05, 0.1) is 0 Å². The van der Waals surface area contributed by atoms with E-state index in [0.29, 0.717) is 11.9 Å². The Labute approximate surface area is 147 Å². The Hall–Kier alpha value is -2.41. The highest BCUT2D eigenvalue weighted by Gasteiger charge is 2.36. The van der Waals surface area contributed by atoms with Crippen molar-refractivity contribution in [1.29, 1.82) is 0 Å². The fourth-order valence-corrected chi connectivity index (χ4v) is 3.84. The Balaban J connectivity index is 1.42. The molecule has 25 heavy (non-hydrogen) atoms. The van der Waals surface area contributed by atoms with Gasteiger partial charge >= 0.3 is 6.03 Å². The maximum absolute atomic E-state index is 12.7. The van der Waals surface area contributed by atoms with Crippen molar-refractivity contribution in [3.63, 3.8) is 0 Å². The van der Waals surface area contributed by atoms with E-state index in [9.17, 15) is 4.79 Å². The third-order valence-corrected chi connectivity index (χ3v) is 5.19. The molecule has 2 fully saturated rings. The molecule has 2 aromatic rings. The lowest BCUT2D eigenvalue weighted by Gasteiger charge is -2.42. The van der Waals surface area contributed by atoms with E-state index >= 15 is 0 Å². The standard InChI is InChI=1S/C18H24N6O/c1-13-10-23-9-3-4-16(23)11-24(13)18(25)20-15-7-5-14(6-8-15)17-19-12-22(2)21-17/h5-8,12-13,16H,3-4,9-11H2,1-2H3,(H,20,25)/t13-,16+/m1/s1. The number of hydrogen-bond acceptors (Lipinski definition) is 4. The molecule has 0 saturated carbocycles. The number of aromatic nitrogens is 3. The van der Waals surface area contributed by atoms with Crippen molar-refractivity contribution in [2.24, 2.45) is 7.05 Å². The highest BCUT2D eigenvalue weighted by atomic mass is 16.2. The van der Waals surface area contributed by atoms with Crippen molar-refractivity contribution < 1.29 is 4.79 Å². The first-order valence-corrected chi connectivity index (χ1v) is 8.88. The van der Waals surface area contributed by atoms with E-state index in [-0.39, 0.29) is 12.1 Å². The van der Waals surface area contributed by atoms with Crippen molar-refractivity contribution in [3.05, 3.63) is 30.6 Å².